The predicted octanol–water partition coefficient (Wildman–Crippen LogP) is 2.39. The van der Waals surface area contributed by atoms with Crippen molar-refractivity contribution in [3.8, 4) is 0 Å². The second-order valence-electron chi connectivity index (χ2n) is 4.86. The smallest absolute Gasteiger partial charge is 0.338 e. The molecule has 122 valence electrons. The zero-order valence-corrected chi connectivity index (χ0v) is 12.6. The quantitative estimate of drug-likeness (QED) is 0.859. The van der Waals surface area contributed by atoms with Crippen LogP contribution in [0.1, 0.15) is 11.1 Å². The molecular weight excluding hydrogens is 306 g/mol. The van der Waals surface area contributed by atoms with E-state index < -0.39 is 29.3 Å². The summed E-state index contributed by atoms with van der Waals surface area (Å²) < 4.78 is 37.0. The van der Waals surface area contributed by atoms with Gasteiger partial charge in [0.25, 0.3) is 0 Å². The highest BCUT2D eigenvalue weighted by Crippen LogP contribution is 2.37. The lowest BCUT2D eigenvalue weighted by atomic mass is 9.81. The summed E-state index contributed by atoms with van der Waals surface area (Å²) in [5.74, 6) is -3.11. The number of aliphatic hydroxyl groups is 1. The summed E-state index contributed by atoms with van der Waals surface area (Å²) in [6, 6.07) is 11.3. The summed E-state index contributed by atoms with van der Waals surface area (Å²) in [6.45, 7) is 0. The first-order chi connectivity index (χ1) is 11.0. The van der Waals surface area contributed by atoms with Crippen molar-refractivity contribution >= 4 is 5.97 Å². The highest BCUT2D eigenvalue weighted by molar-refractivity contribution is 5.77. The van der Waals surface area contributed by atoms with E-state index in [0.717, 1.165) is 19.2 Å². The van der Waals surface area contributed by atoms with Crippen molar-refractivity contribution in [2.24, 2.45) is 0 Å². The lowest BCUT2D eigenvalue weighted by Gasteiger charge is -2.36. The summed E-state index contributed by atoms with van der Waals surface area (Å²) in [5.41, 5.74) is -1.25. The Labute approximate surface area is 132 Å². The van der Waals surface area contributed by atoms with Crippen LogP contribution in [0.15, 0.2) is 48.5 Å². The van der Waals surface area contributed by atoms with Crippen LogP contribution in [0, 0.1) is 11.6 Å². The van der Waals surface area contributed by atoms with Crippen molar-refractivity contribution in [3.05, 3.63) is 71.3 Å². The molecule has 0 fully saturated rings. The van der Waals surface area contributed by atoms with Gasteiger partial charge in [-0.1, -0.05) is 36.4 Å². The molecule has 2 aromatic rings. The molecule has 23 heavy (non-hydrogen) atoms. The van der Waals surface area contributed by atoms with Gasteiger partial charge in [0.15, 0.2) is 23.3 Å². The van der Waals surface area contributed by atoms with Crippen LogP contribution in [-0.4, -0.2) is 31.4 Å². The van der Waals surface area contributed by atoms with Crippen LogP contribution in [0.25, 0.3) is 0 Å². The molecule has 2 aromatic carbocycles. The lowest BCUT2D eigenvalue weighted by Crippen LogP contribution is -2.47. The molecule has 2 atom stereocenters. The topological polar surface area (TPSA) is 55.8 Å². The van der Waals surface area contributed by atoms with Crippen LogP contribution in [0.4, 0.5) is 8.78 Å². The van der Waals surface area contributed by atoms with E-state index in [0.29, 0.717) is 5.56 Å². The summed E-state index contributed by atoms with van der Waals surface area (Å²) >= 11 is 0. The molecule has 6 heteroatoms. The molecule has 0 aromatic heterocycles. The predicted molar refractivity (Wildman–Crippen MR) is 78.6 cm³/mol. The van der Waals surface area contributed by atoms with Gasteiger partial charge in [-0.2, -0.15) is 0 Å². The van der Waals surface area contributed by atoms with Crippen LogP contribution >= 0.6 is 0 Å². The minimum Gasteiger partial charge on any atom is -0.467 e. The maximum Gasteiger partial charge on any atom is 0.338 e. The highest BCUT2D eigenvalue weighted by atomic mass is 19.2. The van der Waals surface area contributed by atoms with Crippen LogP contribution < -0.4 is 0 Å². The second kappa shape index (κ2) is 6.85. The van der Waals surface area contributed by atoms with Gasteiger partial charge in [-0.05, 0) is 23.3 Å². The maximum absolute atomic E-state index is 13.7. The Morgan fingerprint density at radius 3 is 2.22 bits per heavy atom. The number of hydrogen-bond donors (Lipinski definition) is 1. The van der Waals surface area contributed by atoms with E-state index >= 15 is 0 Å². The molecule has 2 unspecified atom stereocenters. The van der Waals surface area contributed by atoms with E-state index in [1.54, 1.807) is 30.3 Å². The zero-order valence-electron chi connectivity index (χ0n) is 12.6. The third-order valence-electron chi connectivity index (χ3n) is 3.68. The Morgan fingerprint density at radius 2 is 1.70 bits per heavy atom. The number of benzene rings is 2. The Bertz CT molecular complexity index is 690. The van der Waals surface area contributed by atoms with Crippen molar-refractivity contribution in [2.45, 2.75) is 11.7 Å². The second-order valence-corrected chi connectivity index (χ2v) is 4.86. The highest BCUT2D eigenvalue weighted by Gasteiger charge is 2.47. The summed E-state index contributed by atoms with van der Waals surface area (Å²) in [4.78, 5) is 11.9. The number of aliphatic hydroxyl groups excluding tert-OH is 1. The minimum atomic E-state index is -1.77. The molecule has 0 amide bonds. The van der Waals surface area contributed by atoms with E-state index in [4.69, 9.17) is 4.74 Å². The van der Waals surface area contributed by atoms with E-state index in [2.05, 4.69) is 4.74 Å². The van der Waals surface area contributed by atoms with E-state index in [1.807, 2.05) is 0 Å². The fraction of sp³-hybridized carbons (Fsp3) is 0.235. The van der Waals surface area contributed by atoms with Gasteiger partial charge in [0, 0.05) is 7.11 Å². The van der Waals surface area contributed by atoms with Crippen LogP contribution in [0.5, 0.6) is 0 Å². The molecule has 0 saturated heterocycles. The van der Waals surface area contributed by atoms with Gasteiger partial charge >= 0.3 is 5.97 Å². The first-order valence-corrected chi connectivity index (χ1v) is 6.79. The van der Waals surface area contributed by atoms with Crippen molar-refractivity contribution in [1.29, 1.82) is 0 Å². The Kier molecular flexibility index (Phi) is 5.08. The van der Waals surface area contributed by atoms with Gasteiger partial charge in [0.1, 0.15) is 0 Å². The normalized spacial score (nSPS) is 14.8. The molecule has 0 radical (unpaired) electrons. The average molecular weight is 322 g/mol. The van der Waals surface area contributed by atoms with Crippen molar-refractivity contribution in [3.63, 3.8) is 0 Å². The summed E-state index contributed by atoms with van der Waals surface area (Å²) in [7, 11) is 2.38. The van der Waals surface area contributed by atoms with Gasteiger partial charge in [0.05, 0.1) is 7.11 Å². The van der Waals surface area contributed by atoms with Crippen molar-refractivity contribution in [1.82, 2.24) is 0 Å². The standard InChI is InChI=1S/C17H16F2O4/c1-22-16(21)15(20)17(23-2,11-6-4-3-5-7-11)12-8-9-13(18)14(19)10-12/h3-10,15,20H,1-2H3. The summed E-state index contributed by atoms with van der Waals surface area (Å²) in [5, 5.41) is 10.5. The molecule has 1 N–H and O–H groups in total. The van der Waals surface area contributed by atoms with Crippen LogP contribution in [-0.2, 0) is 19.9 Å². The number of carbonyl (C=O) groups excluding carboxylic acids is 1. The number of ether oxygens (including phenoxy) is 2. The third kappa shape index (κ3) is 2.95. The van der Waals surface area contributed by atoms with Gasteiger partial charge in [-0.3, -0.25) is 0 Å². The van der Waals surface area contributed by atoms with E-state index in [-0.39, 0.29) is 5.56 Å². The fourth-order valence-electron chi connectivity index (χ4n) is 2.52. The van der Waals surface area contributed by atoms with Crippen molar-refractivity contribution < 1.29 is 28.2 Å². The first-order valence-electron chi connectivity index (χ1n) is 6.79. The van der Waals surface area contributed by atoms with Gasteiger partial charge in [-0.25, -0.2) is 13.6 Å². The number of halogens is 2. The van der Waals surface area contributed by atoms with E-state index in [1.165, 1.54) is 13.2 Å². The van der Waals surface area contributed by atoms with Gasteiger partial charge < -0.3 is 14.6 Å². The molecule has 4 nitrogen and oxygen atoms in total. The molecule has 0 aliphatic rings. The number of rotatable bonds is 5. The number of methoxy groups -OCH3 is 2. The Morgan fingerprint density at radius 1 is 1.04 bits per heavy atom. The monoisotopic (exact) mass is 322 g/mol. The molecule has 0 heterocycles. The largest absolute Gasteiger partial charge is 0.467 e. The fourth-order valence-corrected chi connectivity index (χ4v) is 2.52. The first kappa shape index (κ1) is 17.1. The minimum absolute atomic E-state index is 0.0861. The average Bonchev–Trinajstić information content (AvgIpc) is 2.59. The number of carbonyl (C=O) groups is 1. The molecule has 2 rings (SSSR count). The zero-order chi connectivity index (χ0) is 17.0. The molecule has 0 spiro atoms. The number of hydrogen-bond acceptors (Lipinski definition) is 4. The third-order valence-corrected chi connectivity index (χ3v) is 3.68. The van der Waals surface area contributed by atoms with Gasteiger partial charge in [0.2, 0.25) is 0 Å². The van der Waals surface area contributed by atoms with Gasteiger partial charge in [-0.15, -0.1) is 0 Å². The van der Waals surface area contributed by atoms with E-state index in [9.17, 15) is 18.7 Å². The molecule has 0 aliphatic heterocycles. The Balaban J connectivity index is 2.72. The molecular formula is C17H16F2O4. The van der Waals surface area contributed by atoms with Crippen molar-refractivity contribution in [2.75, 3.05) is 14.2 Å². The lowest BCUT2D eigenvalue weighted by molar-refractivity contribution is -0.167. The molecule has 0 saturated carbocycles. The van der Waals surface area contributed by atoms with Crippen LogP contribution in [0.3, 0.4) is 0 Å². The Hall–Kier alpha value is -2.31. The molecule has 0 bridgehead atoms. The number of esters is 1. The SMILES string of the molecule is COC(=O)C(O)C(OC)(c1ccccc1)c1ccc(F)c(F)c1. The van der Waals surface area contributed by atoms with Crippen LogP contribution in [0.2, 0.25) is 0 Å². The maximum atomic E-state index is 13.7. The summed E-state index contributed by atoms with van der Waals surface area (Å²) in [6.07, 6.45) is -1.77. The molecule has 0 aliphatic carbocycles.